The van der Waals surface area contributed by atoms with Crippen LogP contribution in [0.4, 0.5) is 5.82 Å². The molecule has 0 amide bonds. The SMILES string of the molecule is Cc1nc(N)c2ncn(C3OC(COP(=O)(O)OP(=O)(O)OP(=O)(O)O)C(O)C3O)c2n1. The Morgan fingerprint density at radius 1 is 1.09 bits per heavy atom. The summed E-state index contributed by atoms with van der Waals surface area (Å²) in [7, 11) is -16.7. The fourth-order valence-corrected chi connectivity index (χ4v) is 5.84. The first-order valence-electron chi connectivity index (χ1n) is 8.35. The Morgan fingerprint density at radius 2 is 1.75 bits per heavy atom. The first kappa shape index (κ1) is 25.3. The fraction of sp³-hybridized carbons (Fsp3) is 0.545. The van der Waals surface area contributed by atoms with E-state index < -0.39 is 54.6 Å². The maximum Gasteiger partial charge on any atom is 0.490 e. The molecule has 0 aromatic carbocycles. The quantitative estimate of drug-likeness (QED) is 0.198. The molecule has 18 nitrogen and oxygen atoms in total. The van der Waals surface area contributed by atoms with E-state index in [2.05, 4.69) is 28.1 Å². The summed E-state index contributed by atoms with van der Waals surface area (Å²) in [5.74, 6) is 0.345. The van der Waals surface area contributed by atoms with Gasteiger partial charge in [-0.2, -0.15) is 8.62 Å². The van der Waals surface area contributed by atoms with Crippen molar-refractivity contribution in [2.24, 2.45) is 0 Å². The molecule has 0 aliphatic carbocycles. The van der Waals surface area contributed by atoms with Gasteiger partial charge >= 0.3 is 23.5 Å². The first-order valence-corrected chi connectivity index (χ1v) is 12.9. The third-order valence-electron chi connectivity index (χ3n) is 3.99. The molecule has 1 aliphatic heterocycles. The van der Waals surface area contributed by atoms with Gasteiger partial charge < -0.3 is 40.3 Å². The van der Waals surface area contributed by atoms with Crippen molar-refractivity contribution in [3.63, 3.8) is 0 Å². The van der Waals surface area contributed by atoms with Crippen LogP contribution in [-0.2, 0) is 31.6 Å². The second-order valence-corrected chi connectivity index (χ2v) is 10.8. The summed E-state index contributed by atoms with van der Waals surface area (Å²) in [5, 5.41) is 20.5. The lowest BCUT2D eigenvalue weighted by Gasteiger charge is -2.19. The van der Waals surface area contributed by atoms with Crippen molar-refractivity contribution in [2.75, 3.05) is 12.3 Å². The number of phosphoric ester groups is 1. The number of fused-ring (bicyclic) bond motifs is 1. The van der Waals surface area contributed by atoms with Gasteiger partial charge in [0.15, 0.2) is 17.7 Å². The van der Waals surface area contributed by atoms with Gasteiger partial charge in [0.1, 0.15) is 29.7 Å². The molecule has 0 bridgehead atoms. The van der Waals surface area contributed by atoms with E-state index in [1.807, 2.05) is 0 Å². The van der Waals surface area contributed by atoms with Crippen LogP contribution in [0.2, 0.25) is 0 Å². The van der Waals surface area contributed by atoms with E-state index in [1.165, 1.54) is 10.9 Å². The number of nitrogens with zero attached hydrogens (tertiary/aromatic N) is 4. The average Bonchev–Trinajstić information content (AvgIpc) is 3.12. The summed E-state index contributed by atoms with van der Waals surface area (Å²) in [6.07, 6.45) is -4.82. The normalized spacial score (nSPS) is 28.0. The maximum absolute atomic E-state index is 11.8. The predicted octanol–water partition coefficient (Wildman–Crippen LogP) is -1.32. The van der Waals surface area contributed by atoms with Crippen molar-refractivity contribution in [2.45, 2.75) is 31.5 Å². The number of aliphatic hydroxyl groups excluding tert-OH is 2. The van der Waals surface area contributed by atoms with Gasteiger partial charge in [0.25, 0.3) is 0 Å². The van der Waals surface area contributed by atoms with E-state index in [0.717, 1.165) is 0 Å². The van der Waals surface area contributed by atoms with Crippen LogP contribution in [0.1, 0.15) is 12.1 Å². The number of imidazole rings is 1. The van der Waals surface area contributed by atoms with Crippen molar-refractivity contribution in [1.29, 1.82) is 0 Å². The number of aryl methyl sites for hydroxylation is 1. The van der Waals surface area contributed by atoms with Crippen LogP contribution in [0.25, 0.3) is 11.2 Å². The van der Waals surface area contributed by atoms with Crippen molar-refractivity contribution in [1.82, 2.24) is 19.5 Å². The molecule has 21 heteroatoms. The third kappa shape index (κ3) is 5.76. The van der Waals surface area contributed by atoms with E-state index in [-0.39, 0.29) is 22.8 Å². The molecular weight excluding hydrogens is 503 g/mol. The molecule has 0 radical (unpaired) electrons. The number of aromatic nitrogens is 4. The van der Waals surface area contributed by atoms with Crippen molar-refractivity contribution >= 4 is 40.4 Å². The maximum atomic E-state index is 11.8. The van der Waals surface area contributed by atoms with Crippen LogP contribution in [0, 0.1) is 6.92 Å². The Bertz CT molecular complexity index is 1150. The first-order chi connectivity index (χ1) is 14.6. The fourth-order valence-electron chi connectivity index (χ4n) is 2.81. The van der Waals surface area contributed by atoms with E-state index in [4.69, 9.17) is 25.2 Å². The minimum Gasteiger partial charge on any atom is -0.387 e. The van der Waals surface area contributed by atoms with Gasteiger partial charge in [-0.1, -0.05) is 0 Å². The average molecular weight is 521 g/mol. The number of rotatable bonds is 8. The van der Waals surface area contributed by atoms with E-state index >= 15 is 0 Å². The lowest BCUT2D eigenvalue weighted by atomic mass is 10.1. The highest BCUT2D eigenvalue weighted by Crippen LogP contribution is 2.66. The number of nitrogen functional groups attached to an aromatic ring is 1. The third-order valence-corrected chi connectivity index (χ3v) is 7.79. The number of ether oxygens (including phenoxy) is 1. The van der Waals surface area contributed by atoms with E-state index in [9.17, 15) is 28.8 Å². The second-order valence-electron chi connectivity index (χ2n) is 6.41. The van der Waals surface area contributed by atoms with Crippen LogP contribution in [-0.4, -0.2) is 74.2 Å². The van der Waals surface area contributed by atoms with Crippen LogP contribution in [0.5, 0.6) is 0 Å². The Balaban J connectivity index is 1.72. The Hall–Kier alpha value is -1.36. The van der Waals surface area contributed by atoms with Crippen LogP contribution in [0.3, 0.4) is 0 Å². The van der Waals surface area contributed by atoms with Crippen LogP contribution >= 0.6 is 23.5 Å². The monoisotopic (exact) mass is 521 g/mol. The number of aliphatic hydroxyl groups is 2. The minimum absolute atomic E-state index is 0.0588. The van der Waals surface area contributed by atoms with Crippen molar-refractivity contribution in [3.8, 4) is 0 Å². The van der Waals surface area contributed by atoms with Gasteiger partial charge in [0, 0.05) is 0 Å². The number of nitrogens with two attached hydrogens (primary N) is 1. The van der Waals surface area contributed by atoms with Crippen LogP contribution in [0.15, 0.2) is 6.33 Å². The molecule has 6 atom stereocenters. The standard InChI is InChI=1S/C11H18N5O13P3/c1-4-14-9(12)6-10(15-4)16(3-13-6)11-8(18)7(17)5(27-11)2-26-31(22,23)29-32(24,25)28-30(19,20)21/h3,5,7-8,11,17-18H,2H2,1H3,(H,22,23)(H,24,25)(H2,12,14,15)(H2,19,20,21). The minimum atomic E-state index is -5.71. The molecule has 3 heterocycles. The Labute approximate surface area is 178 Å². The molecule has 1 fully saturated rings. The molecule has 32 heavy (non-hydrogen) atoms. The van der Waals surface area contributed by atoms with Crippen molar-refractivity contribution in [3.05, 3.63) is 12.2 Å². The van der Waals surface area contributed by atoms with Gasteiger partial charge in [-0.15, -0.1) is 0 Å². The molecule has 8 N–H and O–H groups in total. The zero-order valence-electron chi connectivity index (χ0n) is 15.8. The second kappa shape index (κ2) is 8.77. The molecule has 2 aromatic heterocycles. The number of anilines is 1. The summed E-state index contributed by atoms with van der Waals surface area (Å²) in [4.78, 5) is 47.8. The molecule has 1 saturated heterocycles. The number of hydrogen-bond acceptors (Lipinski definition) is 13. The molecule has 6 unspecified atom stereocenters. The van der Waals surface area contributed by atoms with Crippen molar-refractivity contribution < 1.29 is 61.4 Å². The highest BCUT2D eigenvalue weighted by molar-refractivity contribution is 7.66. The molecule has 180 valence electrons. The van der Waals surface area contributed by atoms with Gasteiger partial charge in [0.2, 0.25) is 0 Å². The molecule has 3 rings (SSSR count). The summed E-state index contributed by atoms with van der Waals surface area (Å²) in [6.45, 7) is 0.598. The van der Waals surface area contributed by atoms with E-state index in [0.29, 0.717) is 0 Å². The van der Waals surface area contributed by atoms with Gasteiger partial charge in [-0.3, -0.25) is 9.09 Å². The highest BCUT2D eigenvalue weighted by Gasteiger charge is 2.47. The molecule has 0 spiro atoms. The summed E-state index contributed by atoms with van der Waals surface area (Å²) < 4.78 is 52.1. The smallest absolute Gasteiger partial charge is 0.387 e. The summed E-state index contributed by atoms with van der Waals surface area (Å²) >= 11 is 0. The largest absolute Gasteiger partial charge is 0.490 e. The predicted molar refractivity (Wildman–Crippen MR) is 100 cm³/mol. The number of phosphoric acid groups is 3. The van der Waals surface area contributed by atoms with Gasteiger partial charge in [0.05, 0.1) is 12.9 Å². The van der Waals surface area contributed by atoms with Crippen LogP contribution < -0.4 is 5.73 Å². The van der Waals surface area contributed by atoms with Gasteiger partial charge in [-0.25, -0.2) is 28.6 Å². The lowest BCUT2D eigenvalue weighted by Crippen LogP contribution is -2.33. The molecular formula is C11H18N5O13P3. The Morgan fingerprint density at radius 3 is 2.38 bits per heavy atom. The zero-order chi connectivity index (χ0) is 24.1. The molecule has 2 aromatic rings. The highest BCUT2D eigenvalue weighted by atomic mass is 31.3. The van der Waals surface area contributed by atoms with Gasteiger partial charge in [-0.05, 0) is 6.92 Å². The summed E-state index contributed by atoms with van der Waals surface area (Å²) in [5.41, 5.74) is 6.13. The summed E-state index contributed by atoms with van der Waals surface area (Å²) in [6, 6.07) is 0. The molecule has 1 aliphatic rings. The Kier molecular flexibility index (Phi) is 6.93. The number of hydrogen-bond donors (Lipinski definition) is 7. The molecule has 0 saturated carbocycles. The zero-order valence-corrected chi connectivity index (χ0v) is 18.5. The lowest BCUT2D eigenvalue weighted by molar-refractivity contribution is -0.0503. The van der Waals surface area contributed by atoms with E-state index in [1.54, 1.807) is 6.92 Å². The topological polar surface area (TPSA) is 279 Å².